The third-order valence-corrected chi connectivity index (χ3v) is 5.84. The van der Waals surface area contributed by atoms with E-state index in [0.29, 0.717) is 5.69 Å². The van der Waals surface area contributed by atoms with Crippen LogP contribution < -0.4 is 0 Å². The molecule has 1 fully saturated rings. The van der Waals surface area contributed by atoms with Crippen molar-refractivity contribution >= 4 is 34.6 Å². The molecule has 0 radical (unpaired) electrons. The highest BCUT2D eigenvalue weighted by Crippen LogP contribution is 2.26. The topological polar surface area (TPSA) is 59.5 Å². The van der Waals surface area contributed by atoms with Crippen LogP contribution in [0.5, 0.6) is 0 Å². The summed E-state index contributed by atoms with van der Waals surface area (Å²) in [5.41, 5.74) is 1.75. The molecule has 0 aromatic carbocycles. The van der Waals surface area contributed by atoms with Gasteiger partial charge in [0.25, 0.3) is 5.91 Å². The molecule has 1 aliphatic rings. The van der Waals surface area contributed by atoms with Crippen LogP contribution >= 0.6 is 22.7 Å². The summed E-state index contributed by atoms with van der Waals surface area (Å²) < 4.78 is 5.35. The number of thiazole rings is 1. The summed E-state index contributed by atoms with van der Waals surface area (Å²) in [4.78, 5) is 30.9. The van der Waals surface area contributed by atoms with Crippen molar-refractivity contribution in [3.05, 3.63) is 27.9 Å². The largest absolute Gasteiger partial charge is 0.452 e. The number of hydrogen-bond donors (Lipinski definition) is 0. The predicted octanol–water partition coefficient (Wildman–Crippen LogP) is 3.75. The summed E-state index contributed by atoms with van der Waals surface area (Å²) in [7, 11) is 0. The number of ether oxygens (including phenoxy) is 1. The van der Waals surface area contributed by atoms with Crippen molar-refractivity contribution in [1.29, 1.82) is 0 Å². The molecule has 2 aromatic heterocycles. The van der Waals surface area contributed by atoms with E-state index in [1.54, 1.807) is 18.3 Å². The monoisotopic (exact) mass is 378 g/mol. The van der Waals surface area contributed by atoms with Gasteiger partial charge in [-0.2, -0.15) is 11.3 Å². The van der Waals surface area contributed by atoms with E-state index in [4.69, 9.17) is 4.74 Å². The number of amides is 1. The number of aromatic nitrogens is 1. The number of carbonyl (C=O) groups is 2. The fourth-order valence-electron chi connectivity index (χ4n) is 2.89. The first-order valence-corrected chi connectivity index (χ1v) is 10.4. The third kappa shape index (κ3) is 4.89. The standard InChI is InChI=1S/C18H22N2O3S2/c1-13(18(22)20-7-4-2-3-5-8-20)23-16(21)10-15-12-25-17(19-15)14-6-9-24-11-14/h6,9,11-13H,2-5,7-8,10H2,1H3. The zero-order valence-electron chi connectivity index (χ0n) is 14.3. The van der Waals surface area contributed by atoms with Gasteiger partial charge < -0.3 is 9.64 Å². The number of carbonyl (C=O) groups excluding carboxylic acids is 2. The van der Waals surface area contributed by atoms with E-state index in [1.807, 2.05) is 27.1 Å². The minimum absolute atomic E-state index is 0.0903. The highest BCUT2D eigenvalue weighted by atomic mass is 32.1. The van der Waals surface area contributed by atoms with E-state index >= 15 is 0 Å². The molecule has 0 N–H and O–H groups in total. The zero-order chi connectivity index (χ0) is 17.6. The highest BCUT2D eigenvalue weighted by Gasteiger charge is 2.24. The molecule has 7 heteroatoms. The lowest BCUT2D eigenvalue weighted by molar-refractivity contribution is -0.158. The smallest absolute Gasteiger partial charge is 0.312 e. The quantitative estimate of drug-likeness (QED) is 0.744. The summed E-state index contributed by atoms with van der Waals surface area (Å²) >= 11 is 3.13. The molecule has 0 spiro atoms. The minimum Gasteiger partial charge on any atom is -0.452 e. The van der Waals surface area contributed by atoms with Crippen molar-refractivity contribution in [1.82, 2.24) is 9.88 Å². The van der Waals surface area contributed by atoms with Gasteiger partial charge in [-0.05, 0) is 31.2 Å². The van der Waals surface area contributed by atoms with Crippen LogP contribution in [0.15, 0.2) is 22.2 Å². The summed E-state index contributed by atoms with van der Waals surface area (Å²) in [6.07, 6.45) is 3.73. The van der Waals surface area contributed by atoms with Crippen LogP contribution in [0.4, 0.5) is 0 Å². The van der Waals surface area contributed by atoms with Gasteiger partial charge in [0.1, 0.15) is 5.01 Å². The maximum atomic E-state index is 12.4. The molecular weight excluding hydrogens is 356 g/mol. The Bertz CT molecular complexity index is 704. The second-order valence-corrected chi connectivity index (χ2v) is 7.84. The Hall–Kier alpha value is -1.73. The first kappa shape index (κ1) is 18.1. The molecule has 3 rings (SSSR count). The Labute approximate surface area is 155 Å². The average Bonchev–Trinajstić information content (AvgIpc) is 3.20. The molecule has 3 heterocycles. The fraction of sp³-hybridized carbons (Fsp3) is 0.500. The molecule has 2 aromatic rings. The van der Waals surface area contributed by atoms with Crippen molar-refractivity contribution < 1.29 is 14.3 Å². The Morgan fingerprint density at radius 2 is 2.00 bits per heavy atom. The van der Waals surface area contributed by atoms with Gasteiger partial charge >= 0.3 is 5.97 Å². The van der Waals surface area contributed by atoms with Crippen LogP contribution in [0, 0.1) is 0 Å². The average molecular weight is 379 g/mol. The molecule has 134 valence electrons. The lowest BCUT2D eigenvalue weighted by Gasteiger charge is -2.23. The minimum atomic E-state index is -0.736. The van der Waals surface area contributed by atoms with Crippen molar-refractivity contribution in [2.45, 2.75) is 45.1 Å². The number of thiophene rings is 1. The summed E-state index contributed by atoms with van der Waals surface area (Å²) in [5, 5.41) is 6.80. The van der Waals surface area contributed by atoms with Gasteiger partial charge in [0, 0.05) is 29.4 Å². The van der Waals surface area contributed by atoms with Crippen LogP contribution in [0.1, 0.15) is 38.3 Å². The summed E-state index contributed by atoms with van der Waals surface area (Å²) in [6, 6.07) is 2.01. The number of likely N-dealkylation sites (tertiary alicyclic amines) is 1. The molecule has 25 heavy (non-hydrogen) atoms. The Kier molecular flexibility index (Phi) is 6.20. The van der Waals surface area contributed by atoms with E-state index in [2.05, 4.69) is 4.98 Å². The van der Waals surface area contributed by atoms with Gasteiger partial charge in [-0.25, -0.2) is 4.98 Å². The van der Waals surface area contributed by atoms with Gasteiger partial charge in [-0.1, -0.05) is 12.8 Å². The van der Waals surface area contributed by atoms with E-state index in [9.17, 15) is 9.59 Å². The normalized spacial score (nSPS) is 16.3. The van der Waals surface area contributed by atoms with Crippen LogP contribution in [-0.2, 0) is 20.7 Å². The number of esters is 1. The first-order chi connectivity index (χ1) is 12.1. The Morgan fingerprint density at radius 1 is 1.24 bits per heavy atom. The van der Waals surface area contributed by atoms with E-state index in [0.717, 1.165) is 49.3 Å². The molecular formula is C18H22N2O3S2. The molecule has 0 aliphatic carbocycles. The van der Waals surface area contributed by atoms with E-state index in [1.165, 1.54) is 11.3 Å². The lowest BCUT2D eigenvalue weighted by atomic mass is 10.2. The fourth-order valence-corrected chi connectivity index (χ4v) is 4.42. The lowest BCUT2D eigenvalue weighted by Crippen LogP contribution is -2.40. The molecule has 1 atom stereocenters. The second kappa shape index (κ2) is 8.58. The highest BCUT2D eigenvalue weighted by molar-refractivity contribution is 7.14. The van der Waals surface area contributed by atoms with Gasteiger partial charge in [0.2, 0.25) is 0 Å². The van der Waals surface area contributed by atoms with Crippen molar-refractivity contribution in [3.63, 3.8) is 0 Å². The van der Waals surface area contributed by atoms with E-state index in [-0.39, 0.29) is 12.3 Å². The van der Waals surface area contributed by atoms with Crippen LogP contribution in [0.2, 0.25) is 0 Å². The van der Waals surface area contributed by atoms with Crippen molar-refractivity contribution in [2.75, 3.05) is 13.1 Å². The molecule has 1 aliphatic heterocycles. The van der Waals surface area contributed by atoms with E-state index < -0.39 is 12.1 Å². The van der Waals surface area contributed by atoms with Crippen molar-refractivity contribution in [3.8, 4) is 10.6 Å². The molecule has 5 nitrogen and oxygen atoms in total. The van der Waals surface area contributed by atoms with Gasteiger partial charge in [-0.15, -0.1) is 11.3 Å². The first-order valence-electron chi connectivity index (χ1n) is 8.59. The third-order valence-electron chi connectivity index (χ3n) is 4.22. The maximum absolute atomic E-state index is 12.4. The van der Waals surface area contributed by atoms with Gasteiger partial charge in [-0.3, -0.25) is 9.59 Å². The summed E-state index contributed by atoms with van der Waals surface area (Å²) in [6.45, 7) is 3.18. The van der Waals surface area contributed by atoms with Crippen LogP contribution in [0.3, 0.4) is 0 Å². The summed E-state index contributed by atoms with van der Waals surface area (Å²) in [5.74, 6) is -0.495. The molecule has 1 unspecified atom stereocenters. The van der Waals surface area contributed by atoms with Gasteiger partial charge in [0.15, 0.2) is 6.10 Å². The number of hydrogen-bond acceptors (Lipinski definition) is 6. The Balaban J connectivity index is 1.52. The SMILES string of the molecule is CC(OC(=O)Cc1csc(-c2ccsc2)n1)C(=O)N1CCCCCC1. The number of rotatable bonds is 5. The molecule has 0 bridgehead atoms. The number of nitrogens with zero attached hydrogens (tertiary/aromatic N) is 2. The molecule has 0 saturated carbocycles. The van der Waals surface area contributed by atoms with Crippen LogP contribution in [0.25, 0.3) is 10.6 Å². The predicted molar refractivity (Wildman–Crippen MR) is 99.7 cm³/mol. The van der Waals surface area contributed by atoms with Crippen molar-refractivity contribution in [2.24, 2.45) is 0 Å². The van der Waals surface area contributed by atoms with Gasteiger partial charge in [0.05, 0.1) is 12.1 Å². The zero-order valence-corrected chi connectivity index (χ0v) is 15.9. The van der Waals surface area contributed by atoms with Crippen LogP contribution in [-0.4, -0.2) is 41.0 Å². The Morgan fingerprint density at radius 3 is 2.68 bits per heavy atom. The maximum Gasteiger partial charge on any atom is 0.312 e. The second-order valence-electron chi connectivity index (χ2n) is 6.20. The molecule has 1 amide bonds. The molecule has 1 saturated heterocycles.